The van der Waals surface area contributed by atoms with Crippen LogP contribution in [0.2, 0.25) is 0 Å². The van der Waals surface area contributed by atoms with Gasteiger partial charge in [-0.15, -0.1) is 0 Å². The number of carbonyl (C=O) groups excluding carboxylic acids is 1. The van der Waals surface area contributed by atoms with Crippen molar-refractivity contribution in [2.75, 3.05) is 19.8 Å². The molecule has 1 unspecified atom stereocenters. The molecule has 3 atom stereocenters. The Kier molecular flexibility index (Phi) is 9.35. The van der Waals surface area contributed by atoms with E-state index in [0.29, 0.717) is 12.2 Å². The first-order chi connectivity index (χ1) is 15.9. The molecular formula is C26H34F2N2O3. The number of benzene rings is 2. The molecule has 3 N–H and O–H groups in total. The Bertz CT molecular complexity index is 917. The summed E-state index contributed by atoms with van der Waals surface area (Å²) in [5.41, 5.74) is 4.22. The van der Waals surface area contributed by atoms with Crippen molar-refractivity contribution < 1.29 is 23.4 Å². The van der Waals surface area contributed by atoms with Gasteiger partial charge in [-0.1, -0.05) is 25.1 Å². The van der Waals surface area contributed by atoms with Crippen molar-refractivity contribution in [3.63, 3.8) is 0 Å². The Morgan fingerprint density at radius 1 is 1.15 bits per heavy atom. The van der Waals surface area contributed by atoms with E-state index in [9.17, 15) is 18.7 Å². The van der Waals surface area contributed by atoms with Crippen LogP contribution in [-0.4, -0.2) is 42.9 Å². The summed E-state index contributed by atoms with van der Waals surface area (Å²) >= 11 is 0. The molecule has 0 aliphatic heterocycles. The van der Waals surface area contributed by atoms with Gasteiger partial charge in [-0.05, 0) is 73.4 Å². The average molecular weight is 461 g/mol. The van der Waals surface area contributed by atoms with E-state index in [2.05, 4.69) is 35.8 Å². The number of amides is 1. The number of fused-ring (bicyclic) bond motifs is 1. The summed E-state index contributed by atoms with van der Waals surface area (Å²) in [4.78, 5) is 12.3. The number of aliphatic hydroxyl groups is 1. The molecule has 33 heavy (non-hydrogen) atoms. The van der Waals surface area contributed by atoms with Gasteiger partial charge in [0.15, 0.2) is 0 Å². The fraction of sp³-hybridized carbons (Fsp3) is 0.500. The Balaban J connectivity index is 1.70. The molecule has 2 aromatic carbocycles. The van der Waals surface area contributed by atoms with Crippen LogP contribution in [0.5, 0.6) is 0 Å². The zero-order valence-corrected chi connectivity index (χ0v) is 19.4. The molecule has 0 bridgehead atoms. The van der Waals surface area contributed by atoms with E-state index in [-0.39, 0.29) is 31.5 Å². The van der Waals surface area contributed by atoms with Gasteiger partial charge < -0.3 is 20.5 Å². The summed E-state index contributed by atoms with van der Waals surface area (Å²) in [5, 5.41) is 17.2. The molecule has 0 radical (unpaired) electrons. The summed E-state index contributed by atoms with van der Waals surface area (Å²) < 4.78 is 32.5. The highest BCUT2D eigenvalue weighted by Crippen LogP contribution is 2.30. The van der Waals surface area contributed by atoms with Crippen molar-refractivity contribution in [1.82, 2.24) is 10.6 Å². The van der Waals surface area contributed by atoms with Crippen LogP contribution in [0.4, 0.5) is 8.78 Å². The van der Waals surface area contributed by atoms with Gasteiger partial charge in [0, 0.05) is 25.3 Å². The predicted octanol–water partition coefficient (Wildman–Crippen LogP) is 3.62. The quantitative estimate of drug-likeness (QED) is 0.479. The maximum absolute atomic E-state index is 13.7. The maximum Gasteiger partial charge on any atom is 0.246 e. The highest BCUT2D eigenvalue weighted by Gasteiger charge is 2.25. The molecule has 0 fully saturated rings. The summed E-state index contributed by atoms with van der Waals surface area (Å²) in [6, 6.07) is 9.21. The predicted molar refractivity (Wildman–Crippen MR) is 124 cm³/mol. The molecule has 0 heterocycles. The third-order valence-corrected chi connectivity index (χ3v) is 6.13. The molecule has 7 heteroatoms. The highest BCUT2D eigenvalue weighted by atomic mass is 19.1. The van der Waals surface area contributed by atoms with Crippen molar-refractivity contribution in [3.8, 4) is 0 Å². The second-order valence-corrected chi connectivity index (χ2v) is 8.60. The minimum absolute atomic E-state index is 0.0939. The van der Waals surface area contributed by atoms with E-state index in [4.69, 9.17) is 4.74 Å². The molecular weight excluding hydrogens is 426 g/mol. The topological polar surface area (TPSA) is 70.6 Å². The lowest BCUT2D eigenvalue weighted by Gasteiger charge is -2.30. The lowest BCUT2D eigenvalue weighted by molar-refractivity contribution is -0.127. The molecule has 5 nitrogen and oxygen atoms in total. The smallest absolute Gasteiger partial charge is 0.246 e. The fourth-order valence-electron chi connectivity index (χ4n) is 4.39. The summed E-state index contributed by atoms with van der Waals surface area (Å²) in [6.45, 7) is 4.39. The average Bonchev–Trinajstić information content (AvgIpc) is 2.79. The Morgan fingerprint density at radius 3 is 2.61 bits per heavy atom. The Hall–Kier alpha value is -2.35. The van der Waals surface area contributed by atoms with E-state index in [0.717, 1.165) is 31.7 Å². The van der Waals surface area contributed by atoms with Crippen LogP contribution in [0.25, 0.3) is 0 Å². The van der Waals surface area contributed by atoms with Crippen molar-refractivity contribution in [1.29, 1.82) is 0 Å². The molecule has 2 aromatic rings. The van der Waals surface area contributed by atoms with E-state index in [1.165, 1.54) is 28.8 Å². The van der Waals surface area contributed by atoms with Crippen molar-refractivity contribution in [3.05, 3.63) is 70.3 Å². The third-order valence-electron chi connectivity index (χ3n) is 6.13. The SMILES string of the molecule is CCOCC(=O)NC(Cc1cc(F)cc(F)c1)[C@@H](O)CN[C@H]1CCCc2ccc(CC)cc21. The molecule has 1 aliphatic carbocycles. The van der Waals surface area contributed by atoms with E-state index >= 15 is 0 Å². The van der Waals surface area contributed by atoms with Crippen LogP contribution in [0.1, 0.15) is 55.0 Å². The number of ether oxygens (including phenoxy) is 1. The Morgan fingerprint density at radius 2 is 1.91 bits per heavy atom. The monoisotopic (exact) mass is 460 g/mol. The normalized spacial score (nSPS) is 17.3. The maximum atomic E-state index is 13.7. The number of hydrogen-bond acceptors (Lipinski definition) is 4. The number of nitrogens with one attached hydrogen (secondary N) is 2. The molecule has 0 spiro atoms. The molecule has 1 amide bonds. The van der Waals surface area contributed by atoms with Crippen LogP contribution >= 0.6 is 0 Å². The summed E-state index contributed by atoms with van der Waals surface area (Å²) in [6.07, 6.45) is 3.16. The minimum atomic E-state index is -0.957. The molecule has 0 saturated carbocycles. The molecule has 0 aromatic heterocycles. The minimum Gasteiger partial charge on any atom is -0.390 e. The van der Waals surface area contributed by atoms with Crippen LogP contribution < -0.4 is 10.6 Å². The van der Waals surface area contributed by atoms with Crippen molar-refractivity contribution in [2.24, 2.45) is 0 Å². The highest BCUT2D eigenvalue weighted by molar-refractivity contribution is 5.77. The lowest BCUT2D eigenvalue weighted by Crippen LogP contribution is -2.50. The third kappa shape index (κ3) is 7.32. The van der Waals surface area contributed by atoms with Gasteiger partial charge in [0.05, 0.1) is 12.1 Å². The van der Waals surface area contributed by atoms with Crippen LogP contribution in [-0.2, 0) is 28.8 Å². The van der Waals surface area contributed by atoms with Crippen LogP contribution in [0, 0.1) is 11.6 Å². The van der Waals surface area contributed by atoms with Gasteiger partial charge in [0.25, 0.3) is 0 Å². The van der Waals surface area contributed by atoms with Crippen molar-refractivity contribution >= 4 is 5.91 Å². The Labute approximate surface area is 194 Å². The van der Waals surface area contributed by atoms with E-state index in [1.807, 2.05) is 0 Å². The van der Waals surface area contributed by atoms with E-state index in [1.54, 1.807) is 6.92 Å². The lowest BCUT2D eigenvalue weighted by atomic mass is 9.86. The molecule has 1 aliphatic rings. The first-order valence-electron chi connectivity index (χ1n) is 11.7. The zero-order valence-electron chi connectivity index (χ0n) is 19.4. The van der Waals surface area contributed by atoms with Gasteiger partial charge in [-0.25, -0.2) is 8.78 Å². The largest absolute Gasteiger partial charge is 0.390 e. The van der Waals surface area contributed by atoms with Gasteiger partial charge in [0.1, 0.15) is 18.2 Å². The van der Waals surface area contributed by atoms with E-state index < -0.39 is 23.8 Å². The number of carbonyl (C=O) groups is 1. The van der Waals surface area contributed by atoms with Gasteiger partial charge in [0.2, 0.25) is 5.91 Å². The van der Waals surface area contributed by atoms with Crippen LogP contribution in [0.3, 0.4) is 0 Å². The number of halogens is 2. The van der Waals surface area contributed by atoms with Crippen LogP contribution in [0.15, 0.2) is 36.4 Å². The summed E-state index contributed by atoms with van der Waals surface area (Å²) in [7, 11) is 0. The summed E-state index contributed by atoms with van der Waals surface area (Å²) in [5.74, 6) is -1.77. The second kappa shape index (κ2) is 12.2. The van der Waals surface area contributed by atoms with Crippen molar-refractivity contribution in [2.45, 2.75) is 64.1 Å². The van der Waals surface area contributed by atoms with Gasteiger partial charge >= 0.3 is 0 Å². The number of aryl methyl sites for hydroxylation is 2. The first-order valence-corrected chi connectivity index (χ1v) is 11.7. The standard InChI is InChI=1S/C26H34F2N2O3/c1-3-17-8-9-19-6-5-7-23(22(19)12-17)29-15-25(31)24(30-26(32)16-33-4-2)13-18-10-20(27)14-21(28)11-18/h8-12,14,23-25,29,31H,3-7,13,15-16H2,1-2H3,(H,30,32)/t23-,24?,25-/m0/s1. The molecule has 3 rings (SSSR count). The number of aliphatic hydroxyl groups excluding tert-OH is 1. The first kappa shape index (κ1) is 25.3. The molecule has 180 valence electrons. The number of rotatable bonds is 11. The molecule has 0 saturated heterocycles. The second-order valence-electron chi connectivity index (χ2n) is 8.60. The zero-order chi connectivity index (χ0) is 23.8. The van der Waals surface area contributed by atoms with Gasteiger partial charge in [-0.3, -0.25) is 4.79 Å². The fourth-order valence-corrected chi connectivity index (χ4v) is 4.39. The number of hydrogen-bond donors (Lipinski definition) is 3. The van der Waals surface area contributed by atoms with Gasteiger partial charge in [-0.2, -0.15) is 0 Å².